The van der Waals surface area contributed by atoms with Crippen LogP contribution in [0.2, 0.25) is 0 Å². The third-order valence-corrected chi connectivity index (χ3v) is 3.05. The highest BCUT2D eigenvalue weighted by molar-refractivity contribution is 7.80. The van der Waals surface area contributed by atoms with E-state index in [9.17, 15) is 5.11 Å². The molecule has 3 heteroatoms. The third kappa shape index (κ3) is 3.42. The molecule has 0 amide bonds. The Balaban J connectivity index is 0.00000144. The smallest absolute Gasteiger partial charge is 0.115 e. The fourth-order valence-electron chi connectivity index (χ4n) is 1.80. The Labute approximate surface area is 113 Å². The van der Waals surface area contributed by atoms with Gasteiger partial charge in [-0.05, 0) is 23.3 Å². The molecule has 0 fully saturated rings. The molecule has 2 rings (SSSR count). The lowest BCUT2D eigenvalue weighted by atomic mass is 9.93. The van der Waals surface area contributed by atoms with Crippen LogP contribution in [0.25, 0.3) is 0 Å². The molecule has 0 spiro atoms. The van der Waals surface area contributed by atoms with Gasteiger partial charge in [-0.15, -0.1) is 12.4 Å². The quantitative estimate of drug-likeness (QED) is 0.808. The largest absolute Gasteiger partial charge is 0.508 e. The van der Waals surface area contributed by atoms with E-state index in [0.29, 0.717) is 5.75 Å². The summed E-state index contributed by atoms with van der Waals surface area (Å²) in [4.78, 5) is 0. The van der Waals surface area contributed by atoms with Gasteiger partial charge < -0.3 is 5.11 Å². The molecule has 1 unspecified atom stereocenters. The number of rotatable bonds is 3. The number of aromatic hydroxyl groups is 1. The van der Waals surface area contributed by atoms with Crippen molar-refractivity contribution < 1.29 is 5.11 Å². The van der Waals surface area contributed by atoms with E-state index in [1.807, 2.05) is 30.3 Å². The molecule has 0 aliphatic rings. The van der Waals surface area contributed by atoms with Crippen molar-refractivity contribution in [1.29, 1.82) is 0 Å². The van der Waals surface area contributed by atoms with Gasteiger partial charge >= 0.3 is 0 Å². The molecule has 1 N–H and O–H groups in total. The lowest BCUT2D eigenvalue weighted by molar-refractivity contribution is 0.475. The maximum absolute atomic E-state index is 9.26. The molecule has 0 heterocycles. The van der Waals surface area contributed by atoms with Crippen LogP contribution in [0.15, 0.2) is 54.6 Å². The summed E-state index contributed by atoms with van der Waals surface area (Å²) in [5.74, 6) is 1.34. The minimum Gasteiger partial charge on any atom is -0.508 e. The van der Waals surface area contributed by atoms with Crippen molar-refractivity contribution in [2.75, 3.05) is 5.75 Å². The molecule has 0 saturated carbocycles. The first-order valence-electron chi connectivity index (χ1n) is 5.26. The van der Waals surface area contributed by atoms with Crippen LogP contribution in [0, 0.1) is 0 Å². The van der Waals surface area contributed by atoms with E-state index in [2.05, 4.69) is 24.8 Å². The number of halogens is 1. The normalized spacial score (nSPS) is 11.6. The molecule has 1 nitrogen and oxygen atoms in total. The van der Waals surface area contributed by atoms with Gasteiger partial charge in [-0.1, -0.05) is 42.5 Å². The zero-order chi connectivity index (χ0) is 11.4. The van der Waals surface area contributed by atoms with Gasteiger partial charge in [0.2, 0.25) is 0 Å². The van der Waals surface area contributed by atoms with Crippen LogP contribution in [0.4, 0.5) is 0 Å². The molecule has 0 radical (unpaired) electrons. The molecule has 0 aromatic heterocycles. The van der Waals surface area contributed by atoms with Crippen molar-refractivity contribution >= 4 is 25.0 Å². The van der Waals surface area contributed by atoms with E-state index in [4.69, 9.17) is 0 Å². The molecule has 2 aromatic rings. The van der Waals surface area contributed by atoms with E-state index in [1.54, 1.807) is 12.1 Å². The fourth-order valence-corrected chi connectivity index (χ4v) is 2.22. The number of hydrogen-bond acceptors (Lipinski definition) is 2. The Bertz CT molecular complexity index is 442. The van der Waals surface area contributed by atoms with Gasteiger partial charge in [0.15, 0.2) is 0 Å². The highest BCUT2D eigenvalue weighted by atomic mass is 35.5. The predicted molar refractivity (Wildman–Crippen MR) is 77.5 cm³/mol. The molecule has 0 bridgehead atoms. The highest BCUT2D eigenvalue weighted by Gasteiger charge is 2.11. The Kier molecular flexibility index (Phi) is 5.39. The minimum atomic E-state index is 0. The van der Waals surface area contributed by atoms with Crippen molar-refractivity contribution in [3.63, 3.8) is 0 Å². The fraction of sp³-hybridized carbons (Fsp3) is 0.143. The molecular weight excluding hydrogens is 252 g/mol. The van der Waals surface area contributed by atoms with Crippen LogP contribution >= 0.6 is 25.0 Å². The average Bonchev–Trinajstić information content (AvgIpc) is 2.34. The Morgan fingerprint density at radius 3 is 1.94 bits per heavy atom. The first kappa shape index (κ1) is 13.9. The van der Waals surface area contributed by atoms with E-state index >= 15 is 0 Å². The van der Waals surface area contributed by atoms with E-state index < -0.39 is 0 Å². The molecule has 0 aliphatic heterocycles. The zero-order valence-corrected chi connectivity index (χ0v) is 11.0. The predicted octanol–water partition coefficient (Wildman–Crippen LogP) is 3.88. The summed E-state index contributed by atoms with van der Waals surface area (Å²) in [6.45, 7) is 0. The topological polar surface area (TPSA) is 20.2 Å². The number of benzene rings is 2. The van der Waals surface area contributed by atoms with E-state index in [-0.39, 0.29) is 18.3 Å². The van der Waals surface area contributed by atoms with Gasteiger partial charge in [-0.3, -0.25) is 0 Å². The van der Waals surface area contributed by atoms with E-state index in [0.717, 1.165) is 5.75 Å². The van der Waals surface area contributed by atoms with Crippen molar-refractivity contribution in [3.8, 4) is 5.75 Å². The Morgan fingerprint density at radius 1 is 0.882 bits per heavy atom. The highest BCUT2D eigenvalue weighted by Crippen LogP contribution is 2.26. The molecule has 1 atom stereocenters. The average molecular weight is 267 g/mol. The molecule has 17 heavy (non-hydrogen) atoms. The number of phenolic OH excluding ortho intramolecular Hbond substituents is 1. The summed E-state index contributed by atoms with van der Waals surface area (Å²) in [6.07, 6.45) is 0. The summed E-state index contributed by atoms with van der Waals surface area (Å²) in [5.41, 5.74) is 2.43. The SMILES string of the molecule is Cl.Oc1ccc(C(CS)c2ccccc2)cc1. The van der Waals surface area contributed by atoms with Crippen LogP contribution in [-0.2, 0) is 0 Å². The van der Waals surface area contributed by atoms with Crippen LogP contribution in [0.5, 0.6) is 5.75 Å². The molecule has 90 valence electrons. The van der Waals surface area contributed by atoms with Crippen LogP contribution in [0.3, 0.4) is 0 Å². The summed E-state index contributed by atoms with van der Waals surface area (Å²) < 4.78 is 0. The lowest BCUT2D eigenvalue weighted by Crippen LogP contribution is -2.02. The van der Waals surface area contributed by atoms with Crippen molar-refractivity contribution in [2.45, 2.75) is 5.92 Å². The second-order valence-electron chi connectivity index (χ2n) is 3.74. The first-order chi connectivity index (χ1) is 7.81. The minimum absolute atomic E-state index is 0. The van der Waals surface area contributed by atoms with Gasteiger partial charge in [0.1, 0.15) is 5.75 Å². The van der Waals surface area contributed by atoms with Crippen LogP contribution < -0.4 is 0 Å². The third-order valence-electron chi connectivity index (χ3n) is 2.68. The summed E-state index contributed by atoms with van der Waals surface area (Å²) in [6, 6.07) is 17.6. The molecule has 0 saturated heterocycles. The number of hydrogen-bond donors (Lipinski definition) is 2. The Hall–Kier alpha value is -1.12. The monoisotopic (exact) mass is 266 g/mol. The van der Waals surface area contributed by atoms with Crippen LogP contribution in [-0.4, -0.2) is 10.9 Å². The maximum Gasteiger partial charge on any atom is 0.115 e. The molecular formula is C14H15ClOS. The maximum atomic E-state index is 9.26. The Morgan fingerprint density at radius 2 is 1.41 bits per heavy atom. The van der Waals surface area contributed by atoms with Gasteiger partial charge in [0.25, 0.3) is 0 Å². The summed E-state index contributed by atoms with van der Waals surface area (Å²) in [5, 5.41) is 9.26. The van der Waals surface area contributed by atoms with Crippen molar-refractivity contribution in [1.82, 2.24) is 0 Å². The molecule has 2 aromatic carbocycles. The van der Waals surface area contributed by atoms with Crippen molar-refractivity contribution in [3.05, 3.63) is 65.7 Å². The van der Waals surface area contributed by atoms with E-state index in [1.165, 1.54) is 11.1 Å². The number of phenols is 1. The standard InChI is InChI=1S/C14H14OS.ClH/c15-13-8-6-12(7-9-13)14(10-16)11-4-2-1-3-5-11;/h1-9,14-16H,10H2;1H. The van der Waals surface area contributed by atoms with Crippen molar-refractivity contribution in [2.24, 2.45) is 0 Å². The second-order valence-corrected chi connectivity index (χ2v) is 4.10. The van der Waals surface area contributed by atoms with Gasteiger partial charge in [0, 0.05) is 11.7 Å². The summed E-state index contributed by atoms with van der Waals surface area (Å²) >= 11 is 4.40. The molecule has 0 aliphatic carbocycles. The lowest BCUT2D eigenvalue weighted by Gasteiger charge is -2.15. The van der Waals surface area contributed by atoms with Gasteiger partial charge in [-0.2, -0.15) is 12.6 Å². The first-order valence-corrected chi connectivity index (χ1v) is 5.89. The number of thiol groups is 1. The second kappa shape index (κ2) is 6.58. The van der Waals surface area contributed by atoms with Crippen LogP contribution in [0.1, 0.15) is 17.0 Å². The summed E-state index contributed by atoms with van der Waals surface area (Å²) in [7, 11) is 0. The zero-order valence-electron chi connectivity index (χ0n) is 9.28. The van der Waals surface area contributed by atoms with Gasteiger partial charge in [-0.25, -0.2) is 0 Å². The van der Waals surface area contributed by atoms with Gasteiger partial charge in [0.05, 0.1) is 0 Å².